The number of fused-ring (bicyclic) bond motifs is 2. The van der Waals surface area contributed by atoms with Crippen LogP contribution in [0.25, 0.3) is 0 Å². The van der Waals surface area contributed by atoms with Gasteiger partial charge in [0.05, 0.1) is 0 Å². The minimum atomic E-state index is 0.462. The summed E-state index contributed by atoms with van der Waals surface area (Å²) < 4.78 is 0. The molecule has 0 radical (unpaired) electrons. The molecule has 1 aromatic rings. The van der Waals surface area contributed by atoms with Gasteiger partial charge in [0, 0.05) is 5.54 Å². The number of unbranched alkanes of at least 4 members (excludes halogenated alkanes) is 6. The highest BCUT2D eigenvalue weighted by atomic mass is 15.0. The van der Waals surface area contributed by atoms with Gasteiger partial charge in [0.25, 0.3) is 0 Å². The Morgan fingerprint density at radius 2 is 1.67 bits per heavy atom. The van der Waals surface area contributed by atoms with Gasteiger partial charge in [-0.05, 0) is 62.0 Å². The first-order valence-corrected chi connectivity index (χ1v) is 12.1. The van der Waals surface area contributed by atoms with E-state index in [4.69, 9.17) is 0 Å². The second-order valence-electron chi connectivity index (χ2n) is 9.51. The molecule has 2 bridgehead atoms. The largest absolute Gasteiger partial charge is 0.311 e. The van der Waals surface area contributed by atoms with Crippen molar-refractivity contribution in [3.8, 4) is 0 Å². The predicted octanol–water partition coefficient (Wildman–Crippen LogP) is 7.47. The lowest BCUT2D eigenvalue weighted by Gasteiger charge is -2.53. The number of nitrogens with one attached hydrogen (secondary N) is 1. The molecule has 27 heavy (non-hydrogen) atoms. The molecule has 2 aliphatic rings. The Labute approximate surface area is 168 Å². The average Bonchev–Trinajstić information content (AvgIpc) is 2.71. The Kier molecular flexibility index (Phi) is 8.24. The molecular formula is C26H43N. The third-order valence-electron chi connectivity index (χ3n) is 7.59. The highest BCUT2D eigenvalue weighted by molar-refractivity contribution is 5.23. The van der Waals surface area contributed by atoms with Gasteiger partial charge >= 0.3 is 0 Å². The molecule has 0 spiro atoms. The van der Waals surface area contributed by atoms with Crippen LogP contribution in [-0.2, 0) is 0 Å². The standard InChI is InChI=1S/C26H43N/c1-3-5-7-8-13-18-26-19-17-24(22-14-11-9-12-15-22)25(20-26)23(21-27-26)16-10-6-4-2/h9,11-12,14-15,23-25,27H,3-8,10,13,16-21H2,1-2H3. The highest BCUT2D eigenvalue weighted by Gasteiger charge is 2.46. The maximum absolute atomic E-state index is 4.10. The van der Waals surface area contributed by atoms with Crippen molar-refractivity contribution in [2.45, 2.75) is 109 Å². The maximum atomic E-state index is 4.10. The fraction of sp³-hybridized carbons (Fsp3) is 0.769. The Bertz CT molecular complexity index is 524. The third-order valence-corrected chi connectivity index (χ3v) is 7.59. The monoisotopic (exact) mass is 369 g/mol. The third kappa shape index (κ3) is 5.59. The van der Waals surface area contributed by atoms with Gasteiger partial charge in [-0.1, -0.05) is 95.5 Å². The van der Waals surface area contributed by atoms with E-state index < -0.39 is 0 Å². The first-order chi connectivity index (χ1) is 13.3. The Morgan fingerprint density at radius 3 is 2.44 bits per heavy atom. The summed E-state index contributed by atoms with van der Waals surface area (Å²) in [5.41, 5.74) is 2.07. The molecule has 152 valence electrons. The molecule has 1 saturated heterocycles. The van der Waals surface area contributed by atoms with Crippen LogP contribution in [0.2, 0.25) is 0 Å². The predicted molar refractivity (Wildman–Crippen MR) is 118 cm³/mol. The fourth-order valence-corrected chi connectivity index (χ4v) is 5.97. The number of hydrogen-bond donors (Lipinski definition) is 1. The summed E-state index contributed by atoms with van der Waals surface area (Å²) in [5.74, 6) is 2.58. The van der Waals surface area contributed by atoms with E-state index in [9.17, 15) is 0 Å². The summed E-state index contributed by atoms with van der Waals surface area (Å²) in [6.07, 6.45) is 18.3. The van der Waals surface area contributed by atoms with E-state index in [0.717, 1.165) is 17.8 Å². The molecule has 1 aliphatic carbocycles. The molecule has 4 unspecified atom stereocenters. The van der Waals surface area contributed by atoms with Crippen molar-refractivity contribution in [2.24, 2.45) is 11.8 Å². The van der Waals surface area contributed by atoms with Crippen LogP contribution >= 0.6 is 0 Å². The van der Waals surface area contributed by atoms with E-state index in [1.54, 1.807) is 5.56 Å². The van der Waals surface area contributed by atoms with Gasteiger partial charge in [-0.2, -0.15) is 0 Å². The van der Waals surface area contributed by atoms with Crippen LogP contribution in [0.5, 0.6) is 0 Å². The molecule has 0 amide bonds. The topological polar surface area (TPSA) is 12.0 Å². The zero-order valence-corrected chi connectivity index (χ0v) is 18.0. The molecule has 1 heterocycles. The molecule has 1 nitrogen and oxygen atoms in total. The number of rotatable bonds is 11. The lowest BCUT2D eigenvalue weighted by Crippen LogP contribution is -2.58. The molecule has 1 aliphatic heterocycles. The lowest BCUT2D eigenvalue weighted by atomic mass is 9.59. The van der Waals surface area contributed by atoms with E-state index in [1.165, 1.54) is 90.0 Å². The first kappa shape index (κ1) is 20.9. The van der Waals surface area contributed by atoms with Gasteiger partial charge in [0.15, 0.2) is 0 Å². The maximum Gasteiger partial charge on any atom is 0.0184 e. The van der Waals surface area contributed by atoms with Crippen LogP contribution in [0.15, 0.2) is 30.3 Å². The molecule has 4 atom stereocenters. The van der Waals surface area contributed by atoms with E-state index in [1.807, 2.05) is 0 Å². The highest BCUT2D eigenvalue weighted by Crippen LogP contribution is 2.50. The summed E-state index contributed by atoms with van der Waals surface area (Å²) in [6, 6.07) is 11.5. The van der Waals surface area contributed by atoms with E-state index in [0.29, 0.717) is 5.54 Å². The second kappa shape index (κ2) is 10.6. The van der Waals surface area contributed by atoms with Crippen molar-refractivity contribution in [1.29, 1.82) is 0 Å². The zero-order valence-electron chi connectivity index (χ0n) is 18.0. The number of hydrogen-bond acceptors (Lipinski definition) is 1. The molecule has 2 fully saturated rings. The molecule has 3 rings (SSSR count). The average molecular weight is 370 g/mol. The van der Waals surface area contributed by atoms with Gasteiger partial charge in [0.1, 0.15) is 0 Å². The smallest absolute Gasteiger partial charge is 0.0184 e. The van der Waals surface area contributed by atoms with Gasteiger partial charge in [-0.15, -0.1) is 0 Å². The fourth-order valence-electron chi connectivity index (χ4n) is 5.97. The number of benzene rings is 1. The summed E-state index contributed by atoms with van der Waals surface area (Å²) in [5, 5.41) is 4.10. The summed E-state index contributed by atoms with van der Waals surface area (Å²) >= 11 is 0. The molecular weight excluding hydrogens is 326 g/mol. The minimum Gasteiger partial charge on any atom is -0.311 e. The van der Waals surface area contributed by atoms with Gasteiger partial charge in [-0.3, -0.25) is 0 Å². The molecule has 0 aromatic heterocycles. The van der Waals surface area contributed by atoms with Crippen molar-refractivity contribution in [2.75, 3.05) is 6.54 Å². The van der Waals surface area contributed by atoms with E-state index in [2.05, 4.69) is 49.5 Å². The van der Waals surface area contributed by atoms with Crippen LogP contribution in [0.3, 0.4) is 0 Å². The van der Waals surface area contributed by atoms with Crippen molar-refractivity contribution in [3.05, 3.63) is 35.9 Å². The van der Waals surface area contributed by atoms with Crippen molar-refractivity contribution in [3.63, 3.8) is 0 Å². The van der Waals surface area contributed by atoms with E-state index in [-0.39, 0.29) is 0 Å². The minimum absolute atomic E-state index is 0.462. The zero-order chi connectivity index (χ0) is 19.0. The molecule has 1 aromatic carbocycles. The normalized spacial score (nSPS) is 30.4. The van der Waals surface area contributed by atoms with Crippen LogP contribution in [0.1, 0.15) is 109 Å². The van der Waals surface area contributed by atoms with Crippen molar-refractivity contribution >= 4 is 0 Å². The van der Waals surface area contributed by atoms with Gasteiger partial charge < -0.3 is 5.32 Å². The quantitative estimate of drug-likeness (QED) is 0.399. The molecule has 1 N–H and O–H groups in total. The van der Waals surface area contributed by atoms with Crippen LogP contribution in [-0.4, -0.2) is 12.1 Å². The van der Waals surface area contributed by atoms with Gasteiger partial charge in [0.2, 0.25) is 0 Å². The SMILES string of the molecule is CCCCCCCC12CCC(c3ccccc3)C(C1)C(CCCCC)CN2. The Morgan fingerprint density at radius 1 is 0.926 bits per heavy atom. The van der Waals surface area contributed by atoms with Crippen LogP contribution < -0.4 is 5.32 Å². The summed E-state index contributed by atoms with van der Waals surface area (Å²) in [6.45, 7) is 5.91. The Hall–Kier alpha value is -0.820. The molecule has 1 saturated carbocycles. The van der Waals surface area contributed by atoms with Crippen molar-refractivity contribution in [1.82, 2.24) is 5.32 Å². The summed E-state index contributed by atoms with van der Waals surface area (Å²) in [4.78, 5) is 0. The van der Waals surface area contributed by atoms with Crippen molar-refractivity contribution < 1.29 is 0 Å². The van der Waals surface area contributed by atoms with Crippen LogP contribution in [0, 0.1) is 11.8 Å². The van der Waals surface area contributed by atoms with Gasteiger partial charge in [-0.25, -0.2) is 0 Å². The molecule has 1 heteroatoms. The first-order valence-electron chi connectivity index (χ1n) is 12.1. The second-order valence-corrected chi connectivity index (χ2v) is 9.51. The lowest BCUT2D eigenvalue weighted by molar-refractivity contribution is 0.0489. The number of piperidine rings is 1. The Balaban J connectivity index is 1.65. The summed E-state index contributed by atoms with van der Waals surface area (Å²) in [7, 11) is 0. The van der Waals surface area contributed by atoms with Crippen LogP contribution in [0.4, 0.5) is 0 Å². The van der Waals surface area contributed by atoms with E-state index >= 15 is 0 Å².